The first kappa shape index (κ1) is 17.0. The summed E-state index contributed by atoms with van der Waals surface area (Å²) in [6.45, 7) is 0.931. The fourth-order valence-electron chi connectivity index (χ4n) is 2.70. The first-order valence-corrected chi connectivity index (χ1v) is 7.94. The Morgan fingerprint density at radius 3 is 2.16 bits per heavy atom. The smallest absolute Gasteiger partial charge is 0.176 e. The molecule has 0 aliphatic rings. The molecule has 1 aromatic heterocycles. The van der Waals surface area contributed by atoms with Crippen LogP contribution in [0, 0.1) is 0 Å². The normalized spacial score (nSPS) is 10.7. The van der Waals surface area contributed by atoms with Gasteiger partial charge in [0.15, 0.2) is 11.6 Å². The largest absolute Gasteiger partial charge is 0.496 e. The molecule has 0 saturated heterocycles. The molecule has 0 amide bonds. The SMILES string of the molecule is COCc1nc(-c2c(OC)cccc2OC)n(Cc2ccccc2)n1. The van der Waals surface area contributed by atoms with Crippen LogP contribution in [-0.2, 0) is 17.9 Å². The summed E-state index contributed by atoms with van der Waals surface area (Å²) in [5.41, 5.74) is 1.91. The summed E-state index contributed by atoms with van der Waals surface area (Å²) < 4.78 is 18.1. The van der Waals surface area contributed by atoms with E-state index in [0.29, 0.717) is 36.3 Å². The molecule has 0 spiro atoms. The highest BCUT2D eigenvalue weighted by atomic mass is 16.5. The van der Waals surface area contributed by atoms with Gasteiger partial charge in [0.05, 0.1) is 20.8 Å². The van der Waals surface area contributed by atoms with Crippen LogP contribution in [0.1, 0.15) is 11.4 Å². The highest BCUT2D eigenvalue weighted by Gasteiger charge is 2.20. The summed E-state index contributed by atoms with van der Waals surface area (Å²) in [7, 11) is 4.89. The Labute approximate surface area is 147 Å². The van der Waals surface area contributed by atoms with Crippen LogP contribution < -0.4 is 9.47 Å². The minimum Gasteiger partial charge on any atom is -0.496 e. The topological polar surface area (TPSA) is 58.4 Å². The predicted molar refractivity (Wildman–Crippen MR) is 94.8 cm³/mol. The maximum absolute atomic E-state index is 5.52. The van der Waals surface area contributed by atoms with E-state index in [1.54, 1.807) is 21.3 Å². The van der Waals surface area contributed by atoms with Gasteiger partial charge in [0.2, 0.25) is 0 Å². The van der Waals surface area contributed by atoms with E-state index in [1.165, 1.54) is 0 Å². The fourth-order valence-corrected chi connectivity index (χ4v) is 2.70. The quantitative estimate of drug-likeness (QED) is 0.662. The van der Waals surface area contributed by atoms with E-state index in [2.05, 4.69) is 22.2 Å². The first-order chi connectivity index (χ1) is 12.3. The third kappa shape index (κ3) is 3.64. The zero-order valence-electron chi connectivity index (χ0n) is 14.6. The van der Waals surface area contributed by atoms with Gasteiger partial charge in [-0.1, -0.05) is 36.4 Å². The monoisotopic (exact) mass is 339 g/mol. The molecule has 1 heterocycles. The average Bonchev–Trinajstić information content (AvgIpc) is 3.04. The maximum atomic E-state index is 5.52. The van der Waals surface area contributed by atoms with Crippen LogP contribution >= 0.6 is 0 Å². The lowest BCUT2D eigenvalue weighted by molar-refractivity contribution is 0.177. The molecule has 0 fully saturated rings. The second kappa shape index (κ2) is 7.81. The van der Waals surface area contributed by atoms with Crippen LogP contribution in [0.5, 0.6) is 11.5 Å². The van der Waals surface area contributed by atoms with Crippen LogP contribution in [0.25, 0.3) is 11.4 Å². The Balaban J connectivity index is 2.12. The van der Waals surface area contributed by atoms with E-state index in [4.69, 9.17) is 14.2 Å². The van der Waals surface area contributed by atoms with Gasteiger partial charge in [0, 0.05) is 7.11 Å². The van der Waals surface area contributed by atoms with Crippen molar-refractivity contribution < 1.29 is 14.2 Å². The summed E-state index contributed by atoms with van der Waals surface area (Å²) in [6.07, 6.45) is 0. The lowest BCUT2D eigenvalue weighted by atomic mass is 10.1. The third-order valence-electron chi connectivity index (χ3n) is 3.82. The van der Waals surface area contributed by atoms with Gasteiger partial charge in [0.1, 0.15) is 23.7 Å². The number of benzene rings is 2. The van der Waals surface area contributed by atoms with Gasteiger partial charge < -0.3 is 14.2 Å². The molecule has 0 aliphatic carbocycles. The molecular weight excluding hydrogens is 318 g/mol. The van der Waals surface area contributed by atoms with Gasteiger partial charge in [0.25, 0.3) is 0 Å². The number of ether oxygens (including phenoxy) is 3. The fraction of sp³-hybridized carbons (Fsp3) is 0.263. The van der Waals surface area contributed by atoms with Gasteiger partial charge in [-0.15, -0.1) is 0 Å². The summed E-state index contributed by atoms with van der Waals surface area (Å²) >= 11 is 0. The molecule has 25 heavy (non-hydrogen) atoms. The molecule has 3 rings (SSSR count). The Morgan fingerprint density at radius 1 is 0.880 bits per heavy atom. The standard InChI is InChI=1S/C19H21N3O3/c1-23-13-17-20-19(18-15(24-2)10-7-11-16(18)25-3)22(21-17)12-14-8-5-4-6-9-14/h4-11H,12-13H2,1-3H3. The number of rotatable bonds is 7. The molecule has 6 heteroatoms. The molecule has 130 valence electrons. The van der Waals surface area contributed by atoms with Crippen LogP contribution in [-0.4, -0.2) is 36.1 Å². The molecule has 0 N–H and O–H groups in total. The Morgan fingerprint density at radius 2 is 1.56 bits per heavy atom. The van der Waals surface area contributed by atoms with Gasteiger partial charge >= 0.3 is 0 Å². The zero-order chi connectivity index (χ0) is 17.6. The van der Waals surface area contributed by atoms with E-state index in [0.717, 1.165) is 11.1 Å². The lowest BCUT2D eigenvalue weighted by Gasteiger charge is -2.13. The van der Waals surface area contributed by atoms with Gasteiger partial charge in [-0.3, -0.25) is 0 Å². The Kier molecular flexibility index (Phi) is 5.30. The summed E-state index contributed by atoms with van der Waals surface area (Å²) in [6, 6.07) is 15.8. The van der Waals surface area contributed by atoms with Crippen molar-refractivity contribution in [3.8, 4) is 22.9 Å². The lowest BCUT2D eigenvalue weighted by Crippen LogP contribution is -2.06. The number of aromatic nitrogens is 3. The molecule has 0 bridgehead atoms. The average molecular weight is 339 g/mol. The Hall–Kier alpha value is -2.86. The van der Waals surface area contributed by atoms with Crippen molar-refractivity contribution in [2.45, 2.75) is 13.2 Å². The molecule has 0 radical (unpaired) electrons. The van der Waals surface area contributed by atoms with E-state index >= 15 is 0 Å². The van der Waals surface area contributed by atoms with E-state index < -0.39 is 0 Å². The summed E-state index contributed by atoms with van der Waals surface area (Å²) in [5, 5.41) is 4.59. The van der Waals surface area contributed by atoms with Crippen LogP contribution in [0.15, 0.2) is 48.5 Å². The third-order valence-corrected chi connectivity index (χ3v) is 3.82. The second-order valence-electron chi connectivity index (χ2n) is 5.47. The summed E-state index contributed by atoms with van der Waals surface area (Å²) in [5.74, 6) is 2.67. The van der Waals surface area contributed by atoms with E-state index in [9.17, 15) is 0 Å². The van der Waals surface area contributed by atoms with Crippen molar-refractivity contribution in [2.24, 2.45) is 0 Å². The Bertz CT molecular complexity index is 809. The minimum absolute atomic E-state index is 0.340. The van der Waals surface area contributed by atoms with Crippen molar-refractivity contribution in [3.63, 3.8) is 0 Å². The highest BCUT2D eigenvalue weighted by molar-refractivity contribution is 5.72. The molecule has 6 nitrogen and oxygen atoms in total. The van der Waals surface area contributed by atoms with Crippen molar-refractivity contribution in [1.29, 1.82) is 0 Å². The predicted octanol–water partition coefficient (Wildman–Crippen LogP) is 3.16. The first-order valence-electron chi connectivity index (χ1n) is 7.94. The molecular formula is C19H21N3O3. The van der Waals surface area contributed by atoms with Crippen LogP contribution in [0.2, 0.25) is 0 Å². The minimum atomic E-state index is 0.340. The summed E-state index contributed by atoms with van der Waals surface area (Å²) in [4.78, 5) is 4.65. The molecule has 0 unspecified atom stereocenters. The second-order valence-corrected chi connectivity index (χ2v) is 5.47. The van der Waals surface area contributed by atoms with Crippen molar-refractivity contribution in [2.75, 3.05) is 21.3 Å². The van der Waals surface area contributed by atoms with Crippen molar-refractivity contribution in [1.82, 2.24) is 14.8 Å². The van der Waals surface area contributed by atoms with Gasteiger partial charge in [-0.2, -0.15) is 5.10 Å². The van der Waals surface area contributed by atoms with E-state index in [1.807, 2.05) is 41.1 Å². The maximum Gasteiger partial charge on any atom is 0.176 e. The number of nitrogens with zero attached hydrogens (tertiary/aromatic N) is 3. The zero-order valence-corrected chi connectivity index (χ0v) is 14.6. The van der Waals surface area contributed by atoms with Crippen molar-refractivity contribution in [3.05, 3.63) is 59.9 Å². The number of hydrogen-bond donors (Lipinski definition) is 0. The van der Waals surface area contributed by atoms with Crippen LogP contribution in [0.3, 0.4) is 0 Å². The number of methoxy groups -OCH3 is 3. The van der Waals surface area contributed by atoms with Crippen molar-refractivity contribution >= 4 is 0 Å². The molecule has 0 saturated carbocycles. The molecule has 0 aliphatic heterocycles. The van der Waals surface area contributed by atoms with E-state index in [-0.39, 0.29) is 0 Å². The van der Waals surface area contributed by atoms with Crippen LogP contribution in [0.4, 0.5) is 0 Å². The molecule has 2 aromatic carbocycles. The molecule has 0 atom stereocenters. The number of hydrogen-bond acceptors (Lipinski definition) is 5. The van der Waals surface area contributed by atoms with Gasteiger partial charge in [-0.25, -0.2) is 9.67 Å². The van der Waals surface area contributed by atoms with Gasteiger partial charge in [-0.05, 0) is 17.7 Å². The highest BCUT2D eigenvalue weighted by Crippen LogP contribution is 2.37. The molecule has 3 aromatic rings.